The van der Waals surface area contributed by atoms with Crippen LogP contribution in [0, 0.1) is 0 Å². The molecule has 33 heavy (non-hydrogen) atoms. The standard InChI is InChI=1S/C27H35N3O3/c1-5-22(31)13-7-6-8-14-24(30(26(32)33)27(2,3)4)25-28-18-23(29-25)21-16-15-19-11-9-10-12-20(19)17-21/h9-12,15-18,24H,5-8,13-14H2,1-4H3,(H,28,29)(H,32,33)/t24-/m0/s1. The lowest BCUT2D eigenvalue weighted by atomic mass is 9.98. The van der Waals surface area contributed by atoms with Crippen molar-refractivity contribution in [1.82, 2.24) is 14.9 Å². The SMILES string of the molecule is CCC(=O)CCCCC[C@@H](c1ncc(-c2ccc3ccccc3c2)[nH]1)N(C(=O)O)C(C)(C)C. The summed E-state index contributed by atoms with van der Waals surface area (Å²) in [5.41, 5.74) is 1.31. The fourth-order valence-electron chi connectivity index (χ4n) is 4.30. The largest absolute Gasteiger partial charge is 0.465 e. The third-order valence-corrected chi connectivity index (χ3v) is 6.04. The molecule has 2 aromatic carbocycles. The molecular formula is C27H35N3O3. The van der Waals surface area contributed by atoms with Gasteiger partial charge in [-0.25, -0.2) is 9.78 Å². The molecule has 0 saturated heterocycles. The number of unbranched alkanes of at least 4 members (excludes halogenated alkanes) is 2. The Morgan fingerprint density at radius 3 is 2.45 bits per heavy atom. The summed E-state index contributed by atoms with van der Waals surface area (Å²) < 4.78 is 0. The lowest BCUT2D eigenvalue weighted by Gasteiger charge is -2.39. The number of carbonyl (C=O) groups excluding carboxylic acids is 1. The number of imidazole rings is 1. The van der Waals surface area contributed by atoms with Gasteiger partial charge in [0.05, 0.1) is 17.9 Å². The van der Waals surface area contributed by atoms with Crippen LogP contribution in [0.15, 0.2) is 48.7 Å². The number of benzene rings is 2. The Morgan fingerprint density at radius 1 is 1.06 bits per heavy atom. The Balaban J connectivity index is 1.84. The van der Waals surface area contributed by atoms with Crippen molar-refractivity contribution < 1.29 is 14.7 Å². The van der Waals surface area contributed by atoms with E-state index in [-0.39, 0.29) is 5.78 Å². The molecule has 1 aromatic heterocycles. The van der Waals surface area contributed by atoms with Crippen LogP contribution in [0.2, 0.25) is 0 Å². The molecule has 1 amide bonds. The third-order valence-electron chi connectivity index (χ3n) is 6.04. The van der Waals surface area contributed by atoms with Gasteiger partial charge in [0.15, 0.2) is 0 Å². The molecule has 3 rings (SSSR count). The average molecular weight is 450 g/mol. The van der Waals surface area contributed by atoms with Crippen LogP contribution in [0.5, 0.6) is 0 Å². The summed E-state index contributed by atoms with van der Waals surface area (Å²) in [7, 11) is 0. The van der Waals surface area contributed by atoms with Gasteiger partial charge in [-0.3, -0.25) is 9.69 Å². The van der Waals surface area contributed by atoms with Crippen LogP contribution in [-0.4, -0.2) is 37.4 Å². The molecule has 1 atom stereocenters. The average Bonchev–Trinajstić information content (AvgIpc) is 3.26. The van der Waals surface area contributed by atoms with E-state index in [0.717, 1.165) is 35.9 Å². The Labute approximate surface area is 196 Å². The number of Topliss-reactive ketones (excluding diaryl/α,β-unsaturated/α-hetero) is 1. The fraction of sp³-hybridized carbons (Fsp3) is 0.444. The molecule has 0 aliphatic heterocycles. The van der Waals surface area contributed by atoms with Crippen molar-refractivity contribution in [3.05, 3.63) is 54.5 Å². The minimum atomic E-state index is -0.961. The number of nitrogens with zero attached hydrogens (tertiary/aromatic N) is 2. The highest BCUT2D eigenvalue weighted by Crippen LogP contribution is 2.33. The number of fused-ring (bicyclic) bond motifs is 1. The predicted octanol–water partition coefficient (Wildman–Crippen LogP) is 6.98. The molecule has 0 unspecified atom stereocenters. The first-order chi connectivity index (χ1) is 15.7. The third kappa shape index (κ3) is 6.21. The van der Waals surface area contributed by atoms with E-state index in [4.69, 9.17) is 0 Å². The number of ketones is 1. The first kappa shape index (κ1) is 24.5. The van der Waals surface area contributed by atoms with Crippen molar-refractivity contribution in [2.45, 2.75) is 77.8 Å². The summed E-state index contributed by atoms with van der Waals surface area (Å²) in [6, 6.07) is 14.1. The minimum Gasteiger partial charge on any atom is -0.465 e. The summed E-state index contributed by atoms with van der Waals surface area (Å²) in [4.78, 5) is 33.3. The second-order valence-electron chi connectivity index (χ2n) is 9.57. The second-order valence-corrected chi connectivity index (χ2v) is 9.57. The molecule has 0 aliphatic rings. The molecule has 0 bridgehead atoms. The summed E-state index contributed by atoms with van der Waals surface area (Å²) in [6.07, 6.45) is 5.19. The Kier molecular flexibility index (Phi) is 7.90. The number of aromatic nitrogens is 2. The van der Waals surface area contributed by atoms with E-state index in [0.29, 0.717) is 25.1 Å². The predicted molar refractivity (Wildman–Crippen MR) is 132 cm³/mol. The zero-order valence-corrected chi connectivity index (χ0v) is 20.1. The molecule has 0 aliphatic carbocycles. The van der Waals surface area contributed by atoms with Crippen LogP contribution in [-0.2, 0) is 4.79 Å². The Hall–Kier alpha value is -3.15. The zero-order valence-electron chi connectivity index (χ0n) is 20.1. The minimum absolute atomic E-state index is 0.277. The number of amides is 1. The van der Waals surface area contributed by atoms with Gasteiger partial charge in [0.1, 0.15) is 11.6 Å². The molecule has 176 valence electrons. The summed E-state index contributed by atoms with van der Waals surface area (Å²) in [6.45, 7) is 7.60. The van der Waals surface area contributed by atoms with E-state index in [1.54, 1.807) is 6.20 Å². The second kappa shape index (κ2) is 10.6. The van der Waals surface area contributed by atoms with E-state index >= 15 is 0 Å². The lowest BCUT2D eigenvalue weighted by Crippen LogP contribution is -2.47. The number of hydrogen-bond acceptors (Lipinski definition) is 3. The molecular weight excluding hydrogens is 414 g/mol. The highest BCUT2D eigenvalue weighted by Gasteiger charge is 2.35. The van der Waals surface area contributed by atoms with Gasteiger partial charge >= 0.3 is 6.09 Å². The molecule has 0 radical (unpaired) electrons. The van der Waals surface area contributed by atoms with E-state index in [9.17, 15) is 14.7 Å². The van der Waals surface area contributed by atoms with Crippen molar-refractivity contribution in [3.8, 4) is 11.3 Å². The van der Waals surface area contributed by atoms with Gasteiger partial charge in [-0.1, -0.05) is 56.2 Å². The highest BCUT2D eigenvalue weighted by molar-refractivity contribution is 5.86. The molecule has 0 spiro atoms. The molecule has 1 heterocycles. The molecule has 2 N–H and O–H groups in total. The van der Waals surface area contributed by atoms with Gasteiger partial charge in [0.2, 0.25) is 0 Å². The van der Waals surface area contributed by atoms with Gasteiger partial charge in [0.25, 0.3) is 0 Å². The lowest BCUT2D eigenvalue weighted by molar-refractivity contribution is -0.118. The zero-order chi connectivity index (χ0) is 24.0. The highest BCUT2D eigenvalue weighted by atomic mass is 16.4. The fourth-order valence-corrected chi connectivity index (χ4v) is 4.30. The topological polar surface area (TPSA) is 86.3 Å². The molecule has 6 heteroatoms. The molecule has 3 aromatic rings. The maximum absolute atomic E-state index is 12.2. The number of rotatable bonds is 10. The van der Waals surface area contributed by atoms with E-state index in [1.807, 2.05) is 39.8 Å². The van der Waals surface area contributed by atoms with Crippen molar-refractivity contribution in [2.75, 3.05) is 0 Å². The normalized spacial score (nSPS) is 12.6. The van der Waals surface area contributed by atoms with Crippen molar-refractivity contribution in [2.24, 2.45) is 0 Å². The monoisotopic (exact) mass is 449 g/mol. The van der Waals surface area contributed by atoms with E-state index < -0.39 is 17.7 Å². The van der Waals surface area contributed by atoms with Crippen LogP contribution in [0.3, 0.4) is 0 Å². The van der Waals surface area contributed by atoms with Gasteiger partial charge in [0, 0.05) is 23.9 Å². The van der Waals surface area contributed by atoms with Crippen LogP contribution in [0.1, 0.15) is 78.1 Å². The summed E-state index contributed by atoms with van der Waals surface area (Å²) in [5.74, 6) is 0.930. The number of hydrogen-bond donors (Lipinski definition) is 2. The van der Waals surface area contributed by atoms with Crippen molar-refractivity contribution in [3.63, 3.8) is 0 Å². The maximum Gasteiger partial charge on any atom is 0.408 e. The van der Waals surface area contributed by atoms with Crippen LogP contribution in [0.25, 0.3) is 22.0 Å². The molecule has 0 fully saturated rings. The number of nitrogens with one attached hydrogen (secondary N) is 1. The number of carboxylic acid groups (broad SMARTS) is 1. The number of aromatic amines is 1. The smallest absolute Gasteiger partial charge is 0.408 e. The molecule has 6 nitrogen and oxygen atoms in total. The van der Waals surface area contributed by atoms with Gasteiger partial charge in [-0.05, 0) is 50.5 Å². The van der Waals surface area contributed by atoms with Gasteiger partial charge in [-0.15, -0.1) is 0 Å². The summed E-state index contributed by atoms with van der Waals surface area (Å²) >= 11 is 0. The first-order valence-corrected chi connectivity index (χ1v) is 11.8. The van der Waals surface area contributed by atoms with E-state index in [2.05, 4.69) is 40.3 Å². The Morgan fingerprint density at radius 2 is 1.79 bits per heavy atom. The van der Waals surface area contributed by atoms with Gasteiger partial charge in [-0.2, -0.15) is 0 Å². The number of carbonyl (C=O) groups is 2. The summed E-state index contributed by atoms with van der Waals surface area (Å²) in [5, 5.41) is 12.3. The first-order valence-electron chi connectivity index (χ1n) is 11.8. The quantitative estimate of drug-likeness (QED) is 0.327. The van der Waals surface area contributed by atoms with Crippen molar-refractivity contribution >= 4 is 22.6 Å². The number of H-pyrrole nitrogens is 1. The van der Waals surface area contributed by atoms with Gasteiger partial charge < -0.3 is 10.1 Å². The Bertz CT molecular complexity index is 1100. The molecule has 0 saturated carbocycles. The van der Waals surface area contributed by atoms with Crippen molar-refractivity contribution in [1.29, 1.82) is 0 Å². The van der Waals surface area contributed by atoms with Crippen LogP contribution >= 0.6 is 0 Å². The van der Waals surface area contributed by atoms with Crippen LogP contribution < -0.4 is 0 Å². The van der Waals surface area contributed by atoms with Crippen LogP contribution in [0.4, 0.5) is 4.79 Å². The maximum atomic E-state index is 12.2. The van der Waals surface area contributed by atoms with E-state index in [1.165, 1.54) is 10.3 Å².